The molecule has 0 aromatic carbocycles. The summed E-state index contributed by atoms with van der Waals surface area (Å²) in [4.78, 5) is 0. The van der Waals surface area contributed by atoms with Gasteiger partial charge < -0.3 is 0 Å². The van der Waals surface area contributed by atoms with Crippen molar-refractivity contribution in [3.8, 4) is 0 Å². The van der Waals surface area contributed by atoms with E-state index in [4.69, 9.17) is 0 Å². The van der Waals surface area contributed by atoms with Gasteiger partial charge in [-0.3, -0.25) is 0 Å². The van der Waals surface area contributed by atoms with Crippen molar-refractivity contribution in [3.05, 3.63) is 6.92 Å². The molecule has 1 radical (unpaired) electrons. The minimum Gasteiger partial charge on any atom is -0.216 e. The quantitative estimate of drug-likeness (QED) is 0.520. The molecule has 0 amide bonds. The molecule has 0 spiro atoms. The summed E-state index contributed by atoms with van der Waals surface area (Å²) in [5, 5.41) is 0. The second-order valence-electron chi connectivity index (χ2n) is 4.46. The van der Waals surface area contributed by atoms with E-state index >= 15 is 0 Å². The molecule has 0 aliphatic carbocycles. The predicted octanol–water partition coefficient (Wildman–Crippen LogP) is 5.73. The summed E-state index contributed by atoms with van der Waals surface area (Å²) in [6, 6.07) is 0. The van der Waals surface area contributed by atoms with Crippen molar-refractivity contribution < 1.29 is 57.1 Å². The van der Waals surface area contributed by atoms with Crippen LogP contribution >= 0.6 is 0 Å². The van der Waals surface area contributed by atoms with Gasteiger partial charge in [-0.05, 0) is 6.42 Å². The van der Waals surface area contributed by atoms with Crippen LogP contribution < -0.4 is 0 Å². The van der Waals surface area contributed by atoms with E-state index in [0.29, 0.717) is 0 Å². The second-order valence-corrected chi connectivity index (χ2v) is 4.46. The van der Waals surface area contributed by atoms with Crippen LogP contribution in [0.5, 0.6) is 0 Å². The van der Waals surface area contributed by atoms with Gasteiger partial charge >= 0.3 is 35.8 Å². The monoisotopic (exact) mass is 375 g/mol. The zero-order valence-electron chi connectivity index (χ0n) is 10.7. The fourth-order valence-corrected chi connectivity index (χ4v) is 1.47. The van der Waals surface area contributed by atoms with Gasteiger partial charge in [-0.25, -0.2) is 4.39 Å². The van der Waals surface area contributed by atoms with Crippen LogP contribution in [0.2, 0.25) is 0 Å². The molecule has 0 atom stereocenters. The Bertz CT molecular complexity index is 388. The summed E-state index contributed by atoms with van der Waals surface area (Å²) in [5.74, 6) is -21.1. The van der Waals surface area contributed by atoms with Crippen LogP contribution in [0.3, 0.4) is 0 Å². The van der Waals surface area contributed by atoms with E-state index in [9.17, 15) is 57.1 Å². The van der Waals surface area contributed by atoms with Gasteiger partial charge in [0.15, 0.2) is 0 Å². The van der Waals surface area contributed by atoms with Crippen molar-refractivity contribution >= 4 is 0 Å². The van der Waals surface area contributed by atoms with Crippen LogP contribution in [0.15, 0.2) is 0 Å². The Morgan fingerprint density at radius 1 is 0.565 bits per heavy atom. The SMILES string of the molecule is [CH2]CCCC(F)(F)C(F)(F)C(F)(F)C(F)(C(F)(F)F)C(F)(F)F. The predicted molar refractivity (Wildman–Crippen MR) is 50.0 cm³/mol. The van der Waals surface area contributed by atoms with Gasteiger partial charge in [-0.15, -0.1) is 0 Å². The third-order valence-electron chi connectivity index (χ3n) is 2.81. The maximum Gasteiger partial charge on any atom is 0.438 e. The van der Waals surface area contributed by atoms with E-state index in [2.05, 4.69) is 6.92 Å². The summed E-state index contributed by atoms with van der Waals surface area (Å²) >= 11 is 0. The van der Waals surface area contributed by atoms with Gasteiger partial charge in [0.2, 0.25) is 0 Å². The molecule has 0 aromatic heterocycles. The van der Waals surface area contributed by atoms with Crippen LogP contribution in [0.25, 0.3) is 0 Å². The van der Waals surface area contributed by atoms with Gasteiger partial charge in [-0.1, -0.05) is 13.3 Å². The smallest absolute Gasteiger partial charge is 0.216 e. The summed E-state index contributed by atoms with van der Waals surface area (Å²) in [5.41, 5.74) is -7.87. The molecule has 0 aromatic rings. The largest absolute Gasteiger partial charge is 0.438 e. The highest BCUT2D eigenvalue weighted by molar-refractivity contribution is 5.14. The molecular weight excluding hydrogens is 367 g/mol. The lowest BCUT2D eigenvalue weighted by Gasteiger charge is -2.41. The van der Waals surface area contributed by atoms with Crippen molar-refractivity contribution in [2.24, 2.45) is 0 Å². The number of hydrogen-bond donors (Lipinski definition) is 0. The molecule has 13 heteroatoms. The van der Waals surface area contributed by atoms with E-state index in [0.717, 1.165) is 0 Å². The summed E-state index contributed by atoms with van der Waals surface area (Å²) in [6.45, 7) is 2.86. The number of hydrogen-bond acceptors (Lipinski definition) is 0. The zero-order valence-corrected chi connectivity index (χ0v) is 10.7. The average molecular weight is 375 g/mol. The summed E-state index contributed by atoms with van der Waals surface area (Å²) < 4.78 is 164. The van der Waals surface area contributed by atoms with Crippen LogP contribution in [0.1, 0.15) is 19.3 Å². The highest BCUT2D eigenvalue weighted by Crippen LogP contribution is 2.62. The van der Waals surface area contributed by atoms with Gasteiger partial charge in [0.1, 0.15) is 0 Å². The Morgan fingerprint density at radius 2 is 0.913 bits per heavy atom. The lowest BCUT2D eigenvalue weighted by Crippen LogP contribution is -2.73. The first-order valence-electron chi connectivity index (χ1n) is 5.56. The normalized spacial score (nSPS) is 15.9. The van der Waals surface area contributed by atoms with E-state index in [1.165, 1.54) is 0 Å². The minimum atomic E-state index is -7.87. The van der Waals surface area contributed by atoms with Crippen LogP contribution in [-0.4, -0.2) is 35.8 Å². The number of unbranched alkanes of at least 4 members (excludes halogenated alkanes) is 1. The maximum atomic E-state index is 13.1. The van der Waals surface area contributed by atoms with Gasteiger partial charge in [0.05, 0.1) is 0 Å². The molecular formula is C10H8F13. The fourth-order valence-electron chi connectivity index (χ4n) is 1.47. The maximum absolute atomic E-state index is 13.1. The molecule has 0 unspecified atom stereocenters. The number of alkyl halides is 13. The molecule has 0 rings (SSSR count). The lowest BCUT2D eigenvalue weighted by molar-refractivity contribution is -0.444. The second kappa shape index (κ2) is 5.87. The standard InChI is InChI=1S/C10H8F13/c1-2-3-4-5(11,12)7(14,15)8(16,17)6(13,9(18,19)20)10(21,22)23/h1-4H2. The lowest BCUT2D eigenvalue weighted by atomic mass is 9.86. The molecule has 0 fully saturated rings. The number of rotatable bonds is 6. The highest BCUT2D eigenvalue weighted by Gasteiger charge is 2.93. The van der Waals surface area contributed by atoms with E-state index < -0.39 is 55.1 Å². The van der Waals surface area contributed by atoms with Crippen LogP contribution in [-0.2, 0) is 0 Å². The Labute approximate surface area is 120 Å². The molecule has 0 heterocycles. The van der Waals surface area contributed by atoms with Crippen molar-refractivity contribution in [1.82, 2.24) is 0 Å². The molecule has 0 bridgehead atoms. The van der Waals surface area contributed by atoms with Crippen molar-refractivity contribution in [2.75, 3.05) is 0 Å². The van der Waals surface area contributed by atoms with E-state index in [1.54, 1.807) is 0 Å². The molecule has 23 heavy (non-hydrogen) atoms. The van der Waals surface area contributed by atoms with Crippen LogP contribution in [0, 0.1) is 6.92 Å². The molecule has 0 N–H and O–H groups in total. The minimum absolute atomic E-state index is 0.559. The zero-order chi connectivity index (χ0) is 19.1. The molecule has 0 aliphatic heterocycles. The Hall–Kier alpha value is -0.910. The first-order valence-corrected chi connectivity index (χ1v) is 5.56. The van der Waals surface area contributed by atoms with E-state index in [-0.39, 0.29) is 0 Å². The van der Waals surface area contributed by atoms with Gasteiger partial charge in [0, 0.05) is 6.42 Å². The third kappa shape index (κ3) is 3.19. The number of halogens is 13. The van der Waals surface area contributed by atoms with Gasteiger partial charge in [0.25, 0.3) is 0 Å². The highest BCUT2D eigenvalue weighted by atomic mass is 19.4. The third-order valence-corrected chi connectivity index (χ3v) is 2.81. The first kappa shape index (κ1) is 22.1. The van der Waals surface area contributed by atoms with Crippen molar-refractivity contribution in [2.45, 2.75) is 55.1 Å². The summed E-state index contributed by atoms with van der Waals surface area (Å²) in [6.07, 6.45) is -19.1. The molecule has 139 valence electrons. The van der Waals surface area contributed by atoms with Crippen LogP contribution in [0.4, 0.5) is 57.1 Å². The molecule has 0 saturated carbocycles. The Kier molecular flexibility index (Phi) is 5.63. The molecule has 0 saturated heterocycles. The van der Waals surface area contributed by atoms with Gasteiger partial charge in [-0.2, -0.15) is 52.7 Å². The summed E-state index contributed by atoms with van der Waals surface area (Å²) in [7, 11) is 0. The van der Waals surface area contributed by atoms with E-state index in [1.807, 2.05) is 0 Å². The Morgan fingerprint density at radius 3 is 1.17 bits per heavy atom. The fraction of sp³-hybridized carbons (Fsp3) is 0.900. The molecule has 0 aliphatic rings. The molecule has 0 nitrogen and oxygen atoms in total. The van der Waals surface area contributed by atoms with Crippen molar-refractivity contribution in [3.63, 3.8) is 0 Å². The Balaban J connectivity index is 6.28. The topological polar surface area (TPSA) is 0 Å². The average Bonchev–Trinajstić information content (AvgIpc) is 2.31. The van der Waals surface area contributed by atoms with Crippen molar-refractivity contribution in [1.29, 1.82) is 0 Å². The first-order chi connectivity index (χ1) is 9.81.